The number of aromatic carboxylic acids is 1. The van der Waals surface area contributed by atoms with Crippen LogP contribution in [0.3, 0.4) is 0 Å². The molecule has 1 N–H and O–H groups in total. The van der Waals surface area contributed by atoms with E-state index in [9.17, 15) is 4.79 Å². The summed E-state index contributed by atoms with van der Waals surface area (Å²) in [5.41, 5.74) is 0.560. The van der Waals surface area contributed by atoms with Crippen molar-refractivity contribution in [2.24, 2.45) is 0 Å². The van der Waals surface area contributed by atoms with Crippen LogP contribution in [-0.4, -0.2) is 28.4 Å². The van der Waals surface area contributed by atoms with Crippen molar-refractivity contribution >= 4 is 5.97 Å². The Labute approximate surface area is 90.5 Å². The molecule has 1 aromatic carbocycles. The Morgan fingerprint density at radius 1 is 1.38 bits per heavy atom. The van der Waals surface area contributed by atoms with Gasteiger partial charge in [0, 0.05) is 0 Å². The van der Waals surface area contributed by atoms with Gasteiger partial charge in [0.25, 0.3) is 5.89 Å². The highest BCUT2D eigenvalue weighted by atomic mass is 16.5. The molecule has 0 saturated carbocycles. The van der Waals surface area contributed by atoms with Crippen molar-refractivity contribution in [3.63, 3.8) is 0 Å². The number of hydrogen-bond acceptors (Lipinski definition) is 5. The maximum absolute atomic E-state index is 10.6. The first-order chi connectivity index (χ1) is 7.72. The summed E-state index contributed by atoms with van der Waals surface area (Å²) in [6.45, 7) is 0. The SMILES string of the molecule is COc1ccccc1-c1nnc(C(=O)O)o1. The molecule has 6 nitrogen and oxygen atoms in total. The van der Waals surface area contributed by atoms with Crippen LogP contribution in [0, 0.1) is 0 Å². The molecule has 1 heterocycles. The summed E-state index contributed by atoms with van der Waals surface area (Å²) in [5.74, 6) is -1.03. The Kier molecular flexibility index (Phi) is 2.55. The van der Waals surface area contributed by atoms with E-state index in [2.05, 4.69) is 10.2 Å². The second-order valence-electron chi connectivity index (χ2n) is 2.92. The number of nitrogens with zero attached hydrogens (tertiary/aromatic N) is 2. The van der Waals surface area contributed by atoms with Crippen LogP contribution in [0.1, 0.15) is 10.7 Å². The zero-order valence-electron chi connectivity index (χ0n) is 8.38. The molecular weight excluding hydrogens is 212 g/mol. The van der Waals surface area contributed by atoms with E-state index in [1.165, 1.54) is 7.11 Å². The van der Waals surface area contributed by atoms with Crippen LogP contribution in [0.5, 0.6) is 5.75 Å². The van der Waals surface area contributed by atoms with Crippen molar-refractivity contribution in [1.29, 1.82) is 0 Å². The molecule has 0 bridgehead atoms. The quantitative estimate of drug-likeness (QED) is 0.842. The molecule has 0 aliphatic carbocycles. The molecule has 1 aromatic heterocycles. The van der Waals surface area contributed by atoms with E-state index >= 15 is 0 Å². The lowest BCUT2D eigenvalue weighted by atomic mass is 10.2. The third-order valence-electron chi connectivity index (χ3n) is 1.95. The fourth-order valence-corrected chi connectivity index (χ4v) is 1.24. The molecule has 0 fully saturated rings. The van der Waals surface area contributed by atoms with Crippen LogP contribution >= 0.6 is 0 Å². The van der Waals surface area contributed by atoms with E-state index in [4.69, 9.17) is 14.3 Å². The Morgan fingerprint density at radius 3 is 2.75 bits per heavy atom. The van der Waals surface area contributed by atoms with E-state index in [1.807, 2.05) is 0 Å². The first kappa shape index (κ1) is 10.2. The molecular formula is C10H8N2O4. The fourth-order valence-electron chi connectivity index (χ4n) is 1.24. The highest BCUT2D eigenvalue weighted by Gasteiger charge is 2.16. The Bertz CT molecular complexity index is 521. The van der Waals surface area contributed by atoms with E-state index in [0.717, 1.165) is 0 Å². The van der Waals surface area contributed by atoms with Gasteiger partial charge in [0.15, 0.2) is 0 Å². The number of aromatic nitrogens is 2. The second-order valence-corrected chi connectivity index (χ2v) is 2.92. The highest BCUT2D eigenvalue weighted by Crippen LogP contribution is 2.28. The van der Waals surface area contributed by atoms with Crippen LogP contribution in [-0.2, 0) is 0 Å². The van der Waals surface area contributed by atoms with Crippen molar-refractivity contribution in [2.45, 2.75) is 0 Å². The lowest BCUT2D eigenvalue weighted by molar-refractivity contribution is 0.0654. The van der Waals surface area contributed by atoms with Gasteiger partial charge in [0.2, 0.25) is 0 Å². The third kappa shape index (κ3) is 1.72. The standard InChI is InChI=1S/C10H8N2O4/c1-15-7-5-3-2-4-6(7)8-11-12-9(16-8)10(13)14/h2-5H,1H3,(H,13,14). The predicted molar refractivity (Wildman–Crippen MR) is 53.2 cm³/mol. The van der Waals surface area contributed by atoms with Crippen LogP contribution in [0.2, 0.25) is 0 Å². The molecule has 0 amide bonds. The first-order valence-corrected chi connectivity index (χ1v) is 4.42. The highest BCUT2D eigenvalue weighted by molar-refractivity contribution is 5.82. The van der Waals surface area contributed by atoms with E-state index < -0.39 is 11.9 Å². The molecule has 0 radical (unpaired) electrons. The maximum Gasteiger partial charge on any atom is 0.393 e. The number of hydrogen-bond donors (Lipinski definition) is 1. The van der Waals surface area contributed by atoms with Crippen LogP contribution in [0.15, 0.2) is 28.7 Å². The average Bonchev–Trinajstić information content (AvgIpc) is 2.78. The number of methoxy groups -OCH3 is 1. The monoisotopic (exact) mass is 220 g/mol. The van der Waals surface area contributed by atoms with Crippen LogP contribution in [0.25, 0.3) is 11.5 Å². The van der Waals surface area contributed by atoms with Crippen molar-refractivity contribution < 1.29 is 19.1 Å². The largest absolute Gasteiger partial charge is 0.496 e. The van der Waals surface area contributed by atoms with E-state index in [0.29, 0.717) is 11.3 Å². The van der Waals surface area contributed by atoms with Gasteiger partial charge < -0.3 is 14.3 Å². The molecule has 2 rings (SSSR count). The first-order valence-electron chi connectivity index (χ1n) is 4.42. The number of ether oxygens (including phenoxy) is 1. The van der Waals surface area contributed by atoms with E-state index in [1.54, 1.807) is 24.3 Å². The average molecular weight is 220 g/mol. The summed E-state index contributed by atoms with van der Waals surface area (Å²) in [6.07, 6.45) is 0. The third-order valence-corrected chi connectivity index (χ3v) is 1.95. The Morgan fingerprint density at radius 2 is 2.12 bits per heavy atom. The number of benzene rings is 1. The van der Waals surface area contributed by atoms with Gasteiger partial charge in [-0.1, -0.05) is 12.1 Å². The Hall–Kier alpha value is -2.37. The molecule has 2 aromatic rings. The van der Waals surface area contributed by atoms with Crippen LogP contribution < -0.4 is 4.74 Å². The van der Waals surface area contributed by atoms with Gasteiger partial charge in [-0.2, -0.15) is 0 Å². The van der Waals surface area contributed by atoms with Crippen molar-refractivity contribution in [1.82, 2.24) is 10.2 Å². The summed E-state index contributed by atoms with van der Waals surface area (Å²) in [5, 5.41) is 15.7. The van der Waals surface area contributed by atoms with Gasteiger partial charge in [-0.25, -0.2) is 4.79 Å². The van der Waals surface area contributed by atoms with Gasteiger partial charge in [-0.3, -0.25) is 0 Å². The molecule has 0 aliphatic rings. The molecule has 0 saturated heterocycles. The molecule has 0 atom stereocenters. The van der Waals surface area contributed by atoms with E-state index in [-0.39, 0.29) is 5.89 Å². The number of rotatable bonds is 3. The van der Waals surface area contributed by atoms with Crippen molar-refractivity contribution in [3.8, 4) is 17.2 Å². The zero-order chi connectivity index (χ0) is 11.5. The molecule has 0 spiro atoms. The lowest BCUT2D eigenvalue weighted by Gasteiger charge is -2.02. The number of carboxylic acid groups (broad SMARTS) is 1. The van der Waals surface area contributed by atoms with Gasteiger partial charge in [-0.15, -0.1) is 10.2 Å². The van der Waals surface area contributed by atoms with Crippen LogP contribution in [0.4, 0.5) is 0 Å². The van der Waals surface area contributed by atoms with Crippen molar-refractivity contribution in [2.75, 3.05) is 7.11 Å². The number of para-hydroxylation sites is 1. The number of carboxylic acids is 1. The van der Waals surface area contributed by atoms with Gasteiger partial charge >= 0.3 is 11.9 Å². The summed E-state index contributed by atoms with van der Waals surface area (Å²) in [6, 6.07) is 6.98. The topological polar surface area (TPSA) is 85.5 Å². The molecule has 6 heteroatoms. The van der Waals surface area contributed by atoms with Gasteiger partial charge in [0.05, 0.1) is 12.7 Å². The minimum Gasteiger partial charge on any atom is -0.496 e. The minimum atomic E-state index is -1.26. The van der Waals surface area contributed by atoms with Gasteiger partial charge in [0.1, 0.15) is 5.75 Å². The lowest BCUT2D eigenvalue weighted by Crippen LogP contribution is -1.95. The molecule has 0 aliphatic heterocycles. The summed E-state index contributed by atoms with van der Waals surface area (Å²) < 4.78 is 10.1. The summed E-state index contributed by atoms with van der Waals surface area (Å²) in [4.78, 5) is 10.6. The zero-order valence-corrected chi connectivity index (χ0v) is 8.38. The van der Waals surface area contributed by atoms with Gasteiger partial charge in [-0.05, 0) is 12.1 Å². The molecule has 82 valence electrons. The number of carbonyl (C=O) groups is 1. The fraction of sp³-hybridized carbons (Fsp3) is 0.100. The molecule has 16 heavy (non-hydrogen) atoms. The summed E-state index contributed by atoms with van der Waals surface area (Å²) >= 11 is 0. The summed E-state index contributed by atoms with van der Waals surface area (Å²) in [7, 11) is 1.51. The van der Waals surface area contributed by atoms with Crippen molar-refractivity contribution in [3.05, 3.63) is 30.2 Å². The Balaban J connectivity index is 2.46. The minimum absolute atomic E-state index is 0.120. The normalized spacial score (nSPS) is 10.1. The smallest absolute Gasteiger partial charge is 0.393 e. The second kappa shape index (κ2) is 4.01. The maximum atomic E-state index is 10.6. The molecule has 0 unspecified atom stereocenters. The predicted octanol–water partition coefficient (Wildman–Crippen LogP) is 1.44.